The van der Waals surface area contributed by atoms with Gasteiger partial charge in [0, 0.05) is 35.9 Å². The smallest absolute Gasteiger partial charge is 0.331 e. The maximum atomic E-state index is 10.8. The molecule has 2 aromatic rings. The maximum Gasteiger partial charge on any atom is 0.331 e. The van der Waals surface area contributed by atoms with Gasteiger partial charge in [-0.2, -0.15) is 0 Å². The third-order valence-electron chi connectivity index (χ3n) is 2.75. The lowest BCUT2D eigenvalue weighted by atomic mass is 10.1. The number of hydrogen-bond acceptors (Lipinski definition) is 3. The van der Waals surface area contributed by atoms with Crippen molar-refractivity contribution in [3.8, 4) is 0 Å². The fourth-order valence-electron chi connectivity index (χ4n) is 1.82. The molecule has 0 amide bonds. The largest absolute Gasteiger partial charge is 0.466 e. The van der Waals surface area contributed by atoms with Gasteiger partial charge in [0.15, 0.2) is 0 Å². The highest BCUT2D eigenvalue weighted by Crippen LogP contribution is 2.17. The molecule has 0 unspecified atom stereocenters. The van der Waals surface area contributed by atoms with E-state index in [-0.39, 0.29) is 5.97 Å². The number of rotatable bonds is 5. The van der Waals surface area contributed by atoms with Gasteiger partial charge in [-0.25, -0.2) is 4.79 Å². The highest BCUT2D eigenvalue weighted by atomic mass is 16.5. The number of aromatic nitrogens is 1. The summed E-state index contributed by atoms with van der Waals surface area (Å²) in [4.78, 5) is 14.1. The predicted molar refractivity (Wildman–Crippen MR) is 71.2 cm³/mol. The molecule has 1 aromatic heterocycles. The molecule has 0 spiro atoms. The Labute approximate surface area is 106 Å². The molecular weight excluding hydrogens is 228 g/mol. The SMILES string of the molecule is COC(=O)/C=C\NCCc1c[nH]c2ccccc12. The summed E-state index contributed by atoms with van der Waals surface area (Å²) in [5.74, 6) is -0.352. The first kappa shape index (κ1) is 12.2. The van der Waals surface area contributed by atoms with E-state index in [1.165, 1.54) is 24.1 Å². The van der Waals surface area contributed by atoms with Crippen LogP contribution in [0.15, 0.2) is 42.7 Å². The molecule has 1 heterocycles. The summed E-state index contributed by atoms with van der Waals surface area (Å²) in [6, 6.07) is 8.21. The van der Waals surface area contributed by atoms with Crippen molar-refractivity contribution in [2.24, 2.45) is 0 Å². The molecule has 18 heavy (non-hydrogen) atoms. The second-order valence-corrected chi connectivity index (χ2v) is 3.92. The monoisotopic (exact) mass is 244 g/mol. The molecule has 0 aliphatic carbocycles. The first-order chi connectivity index (χ1) is 8.81. The number of H-pyrrole nitrogens is 1. The molecule has 0 fully saturated rings. The number of methoxy groups -OCH3 is 1. The molecule has 0 bridgehead atoms. The molecule has 4 nitrogen and oxygen atoms in total. The number of benzene rings is 1. The Morgan fingerprint density at radius 1 is 1.44 bits per heavy atom. The van der Waals surface area contributed by atoms with Crippen LogP contribution in [0.2, 0.25) is 0 Å². The Kier molecular flexibility index (Phi) is 4.02. The van der Waals surface area contributed by atoms with Gasteiger partial charge < -0.3 is 15.0 Å². The molecule has 4 heteroatoms. The minimum Gasteiger partial charge on any atom is -0.466 e. The van der Waals surface area contributed by atoms with Crippen LogP contribution in [-0.4, -0.2) is 24.6 Å². The Hall–Kier alpha value is -2.23. The first-order valence-corrected chi connectivity index (χ1v) is 5.84. The van der Waals surface area contributed by atoms with E-state index in [0.29, 0.717) is 0 Å². The topological polar surface area (TPSA) is 54.1 Å². The normalized spacial score (nSPS) is 10.9. The van der Waals surface area contributed by atoms with Gasteiger partial charge in [0.25, 0.3) is 0 Å². The average Bonchev–Trinajstić information content (AvgIpc) is 2.81. The standard InChI is InChI=1S/C14H16N2O2/c1-18-14(17)7-9-15-8-6-11-10-16-13-5-3-2-4-12(11)13/h2-5,7,9-10,15-16H,6,8H2,1H3/b9-7-. The van der Waals surface area contributed by atoms with Crippen LogP contribution in [0.5, 0.6) is 0 Å². The summed E-state index contributed by atoms with van der Waals surface area (Å²) < 4.78 is 4.49. The lowest BCUT2D eigenvalue weighted by Crippen LogP contribution is -2.10. The summed E-state index contributed by atoms with van der Waals surface area (Å²) in [5, 5.41) is 4.30. The zero-order valence-corrected chi connectivity index (χ0v) is 10.3. The van der Waals surface area contributed by atoms with Crippen LogP contribution in [-0.2, 0) is 16.0 Å². The lowest BCUT2D eigenvalue weighted by Gasteiger charge is -2.00. The fraction of sp³-hybridized carbons (Fsp3) is 0.214. The van der Waals surface area contributed by atoms with E-state index >= 15 is 0 Å². The van der Waals surface area contributed by atoms with Gasteiger partial charge >= 0.3 is 5.97 Å². The molecule has 0 saturated heterocycles. The summed E-state index contributed by atoms with van der Waals surface area (Å²) in [6.45, 7) is 0.773. The van der Waals surface area contributed by atoms with Crippen molar-refractivity contribution in [2.75, 3.05) is 13.7 Å². The van der Waals surface area contributed by atoms with Crippen molar-refractivity contribution < 1.29 is 9.53 Å². The summed E-state index contributed by atoms with van der Waals surface area (Å²) >= 11 is 0. The van der Waals surface area contributed by atoms with Crippen LogP contribution < -0.4 is 5.32 Å². The Balaban J connectivity index is 1.87. The van der Waals surface area contributed by atoms with E-state index in [1.807, 2.05) is 18.3 Å². The summed E-state index contributed by atoms with van der Waals surface area (Å²) in [7, 11) is 1.36. The zero-order chi connectivity index (χ0) is 12.8. The number of fused-ring (bicyclic) bond motifs is 1. The molecule has 0 saturated carbocycles. The number of carbonyl (C=O) groups is 1. The van der Waals surface area contributed by atoms with Gasteiger partial charge in [-0.15, -0.1) is 0 Å². The number of hydrogen-bond donors (Lipinski definition) is 2. The number of carbonyl (C=O) groups excluding carboxylic acids is 1. The van der Waals surface area contributed by atoms with Crippen LogP contribution in [0.4, 0.5) is 0 Å². The van der Waals surface area contributed by atoms with Gasteiger partial charge in [-0.3, -0.25) is 0 Å². The van der Waals surface area contributed by atoms with E-state index in [4.69, 9.17) is 0 Å². The van der Waals surface area contributed by atoms with Crippen LogP contribution in [0.25, 0.3) is 10.9 Å². The molecule has 1 aromatic carbocycles. The molecule has 94 valence electrons. The second kappa shape index (κ2) is 5.91. The second-order valence-electron chi connectivity index (χ2n) is 3.92. The number of nitrogens with one attached hydrogen (secondary N) is 2. The van der Waals surface area contributed by atoms with Gasteiger partial charge in [0.2, 0.25) is 0 Å². The number of aromatic amines is 1. The molecule has 0 aliphatic heterocycles. The fourth-order valence-corrected chi connectivity index (χ4v) is 1.82. The van der Waals surface area contributed by atoms with Crippen molar-refractivity contribution >= 4 is 16.9 Å². The van der Waals surface area contributed by atoms with Gasteiger partial charge in [0.1, 0.15) is 0 Å². The minimum atomic E-state index is -0.352. The average molecular weight is 244 g/mol. The van der Waals surface area contributed by atoms with Crippen LogP contribution >= 0.6 is 0 Å². The van der Waals surface area contributed by atoms with Crippen molar-refractivity contribution in [3.05, 3.63) is 48.3 Å². The predicted octanol–water partition coefficient (Wildman–Crippen LogP) is 1.99. The van der Waals surface area contributed by atoms with Crippen molar-refractivity contribution in [1.29, 1.82) is 0 Å². The third-order valence-corrected chi connectivity index (χ3v) is 2.75. The van der Waals surface area contributed by atoms with Gasteiger partial charge in [0.05, 0.1) is 7.11 Å². The van der Waals surface area contributed by atoms with Crippen molar-refractivity contribution in [1.82, 2.24) is 10.3 Å². The minimum absolute atomic E-state index is 0.352. The van der Waals surface area contributed by atoms with Crippen LogP contribution in [0.3, 0.4) is 0 Å². The maximum absolute atomic E-state index is 10.8. The number of ether oxygens (including phenoxy) is 1. The van der Waals surface area contributed by atoms with Crippen LogP contribution in [0.1, 0.15) is 5.56 Å². The summed E-state index contributed by atoms with van der Waals surface area (Å²) in [5.41, 5.74) is 2.42. The van der Waals surface area contributed by atoms with E-state index in [1.54, 1.807) is 6.20 Å². The molecular formula is C14H16N2O2. The third kappa shape index (κ3) is 2.91. The Morgan fingerprint density at radius 3 is 3.11 bits per heavy atom. The molecule has 0 radical (unpaired) electrons. The number of para-hydroxylation sites is 1. The van der Waals surface area contributed by atoms with E-state index in [0.717, 1.165) is 18.5 Å². The molecule has 2 N–H and O–H groups in total. The van der Waals surface area contributed by atoms with Gasteiger partial charge in [-0.05, 0) is 18.1 Å². The highest BCUT2D eigenvalue weighted by molar-refractivity contribution is 5.83. The first-order valence-electron chi connectivity index (χ1n) is 5.84. The Morgan fingerprint density at radius 2 is 2.28 bits per heavy atom. The van der Waals surface area contributed by atoms with Gasteiger partial charge in [-0.1, -0.05) is 18.2 Å². The molecule has 0 atom stereocenters. The molecule has 2 rings (SSSR count). The molecule has 0 aliphatic rings. The number of esters is 1. The van der Waals surface area contributed by atoms with E-state index in [2.05, 4.69) is 27.2 Å². The Bertz CT molecular complexity index is 558. The van der Waals surface area contributed by atoms with Crippen LogP contribution in [0, 0.1) is 0 Å². The van der Waals surface area contributed by atoms with Crippen molar-refractivity contribution in [3.63, 3.8) is 0 Å². The zero-order valence-electron chi connectivity index (χ0n) is 10.3. The van der Waals surface area contributed by atoms with E-state index in [9.17, 15) is 4.79 Å². The summed E-state index contributed by atoms with van der Waals surface area (Å²) in [6.07, 6.45) is 5.90. The van der Waals surface area contributed by atoms with E-state index < -0.39 is 0 Å². The highest BCUT2D eigenvalue weighted by Gasteiger charge is 2.01. The lowest BCUT2D eigenvalue weighted by molar-refractivity contribution is -0.134. The quantitative estimate of drug-likeness (QED) is 0.480. The van der Waals surface area contributed by atoms with Crippen molar-refractivity contribution in [2.45, 2.75) is 6.42 Å².